The Kier molecular flexibility index (Phi) is 6.31. The van der Waals surface area contributed by atoms with E-state index in [4.69, 9.17) is 4.98 Å². The van der Waals surface area contributed by atoms with E-state index in [0.29, 0.717) is 12.1 Å². The lowest BCUT2D eigenvalue weighted by Crippen LogP contribution is -2.52. The van der Waals surface area contributed by atoms with Gasteiger partial charge in [0.1, 0.15) is 5.82 Å². The molecule has 1 saturated carbocycles. The highest BCUT2D eigenvalue weighted by Crippen LogP contribution is 2.37. The van der Waals surface area contributed by atoms with Gasteiger partial charge in [-0.25, -0.2) is 4.98 Å². The molecular formula is C31H33N5. The summed E-state index contributed by atoms with van der Waals surface area (Å²) in [7, 11) is 0. The fraction of sp³-hybridized carbons (Fsp3) is 0.355. The lowest BCUT2D eigenvalue weighted by Gasteiger charge is -2.45. The topological polar surface area (TPSA) is 67.7 Å². The number of imidazole rings is 1. The number of hydrogen-bond donors (Lipinski definition) is 2. The Morgan fingerprint density at radius 1 is 0.944 bits per heavy atom. The zero-order chi connectivity index (χ0) is 24.4. The number of para-hydroxylation sites is 2. The van der Waals surface area contributed by atoms with Crippen LogP contribution in [0.2, 0.25) is 0 Å². The standard InChI is InChI=1S/C31H33N5/c32-21-23-6-5-7-25(20-23)24-12-14-26(15-13-24)31(16-18-36(19-17-31)27-8-1-2-9-27)33-22-30-34-28-10-3-4-11-29(28)35-30/h3-7,10-15,20,27,33H,1-2,8-9,16-19,22H2,(H,34,35). The number of piperidine rings is 1. The van der Waals surface area contributed by atoms with Gasteiger partial charge in [-0.1, -0.05) is 61.4 Å². The Hall–Kier alpha value is -3.46. The number of nitrogens with one attached hydrogen (secondary N) is 2. The largest absolute Gasteiger partial charge is 0.341 e. The van der Waals surface area contributed by atoms with Gasteiger partial charge in [0.05, 0.1) is 29.2 Å². The van der Waals surface area contributed by atoms with Gasteiger partial charge in [-0.2, -0.15) is 5.26 Å². The maximum Gasteiger partial charge on any atom is 0.121 e. The summed E-state index contributed by atoms with van der Waals surface area (Å²) in [6, 6.07) is 28.1. The second-order valence-electron chi connectivity index (χ2n) is 10.4. The van der Waals surface area contributed by atoms with Crippen LogP contribution >= 0.6 is 0 Å². The minimum absolute atomic E-state index is 0.0822. The molecule has 1 saturated heterocycles. The molecule has 0 radical (unpaired) electrons. The highest BCUT2D eigenvalue weighted by molar-refractivity contribution is 5.74. The monoisotopic (exact) mass is 475 g/mol. The van der Waals surface area contributed by atoms with Crippen molar-refractivity contribution < 1.29 is 0 Å². The predicted molar refractivity (Wildman–Crippen MR) is 144 cm³/mol. The number of benzene rings is 3. The molecule has 182 valence electrons. The molecule has 3 aromatic carbocycles. The number of likely N-dealkylation sites (tertiary alicyclic amines) is 1. The predicted octanol–water partition coefficient (Wildman–Crippen LogP) is 6.13. The van der Waals surface area contributed by atoms with E-state index in [2.05, 4.69) is 63.7 Å². The van der Waals surface area contributed by atoms with Crippen molar-refractivity contribution >= 4 is 11.0 Å². The second-order valence-corrected chi connectivity index (χ2v) is 10.4. The third-order valence-corrected chi connectivity index (χ3v) is 8.29. The van der Waals surface area contributed by atoms with E-state index in [1.54, 1.807) is 0 Å². The molecule has 5 nitrogen and oxygen atoms in total. The summed E-state index contributed by atoms with van der Waals surface area (Å²) < 4.78 is 0. The maximum absolute atomic E-state index is 9.29. The number of hydrogen-bond acceptors (Lipinski definition) is 4. The molecule has 1 aliphatic heterocycles. The maximum atomic E-state index is 9.29. The second kappa shape index (κ2) is 9.89. The van der Waals surface area contributed by atoms with Crippen molar-refractivity contribution in [1.29, 1.82) is 5.26 Å². The highest BCUT2D eigenvalue weighted by Gasteiger charge is 2.38. The minimum atomic E-state index is -0.0822. The van der Waals surface area contributed by atoms with Crippen LogP contribution in [-0.4, -0.2) is 34.0 Å². The van der Waals surface area contributed by atoms with Crippen LogP contribution < -0.4 is 5.32 Å². The number of aromatic amines is 1. The van der Waals surface area contributed by atoms with Gasteiger partial charge in [0.15, 0.2) is 0 Å². The summed E-state index contributed by atoms with van der Waals surface area (Å²) >= 11 is 0. The van der Waals surface area contributed by atoms with Gasteiger partial charge >= 0.3 is 0 Å². The molecule has 2 aliphatic rings. The first-order valence-electron chi connectivity index (χ1n) is 13.3. The first-order valence-corrected chi connectivity index (χ1v) is 13.3. The van der Waals surface area contributed by atoms with Crippen LogP contribution in [0.5, 0.6) is 0 Å². The van der Waals surface area contributed by atoms with E-state index < -0.39 is 0 Å². The third kappa shape index (κ3) is 4.55. The van der Waals surface area contributed by atoms with Crippen molar-refractivity contribution in [3.05, 3.63) is 89.7 Å². The fourth-order valence-electron chi connectivity index (χ4n) is 6.20. The molecule has 2 fully saturated rings. The Bertz CT molecular complexity index is 1330. The summed E-state index contributed by atoms with van der Waals surface area (Å²) in [5.41, 5.74) is 6.28. The van der Waals surface area contributed by atoms with Crippen LogP contribution in [0.15, 0.2) is 72.8 Å². The molecule has 4 aromatic rings. The van der Waals surface area contributed by atoms with Gasteiger partial charge in [-0.05, 0) is 66.6 Å². The quantitative estimate of drug-likeness (QED) is 0.352. The first kappa shape index (κ1) is 23.0. The van der Waals surface area contributed by atoms with Crippen molar-refractivity contribution in [3.63, 3.8) is 0 Å². The van der Waals surface area contributed by atoms with Crippen LogP contribution in [0.3, 0.4) is 0 Å². The van der Waals surface area contributed by atoms with Crippen molar-refractivity contribution in [3.8, 4) is 17.2 Å². The lowest BCUT2D eigenvalue weighted by molar-refractivity contribution is 0.0968. The number of H-pyrrole nitrogens is 1. The Morgan fingerprint density at radius 3 is 2.47 bits per heavy atom. The average Bonchev–Trinajstić information content (AvgIpc) is 3.63. The van der Waals surface area contributed by atoms with Crippen molar-refractivity contribution in [2.24, 2.45) is 0 Å². The highest BCUT2D eigenvalue weighted by atomic mass is 15.2. The zero-order valence-electron chi connectivity index (χ0n) is 20.7. The zero-order valence-corrected chi connectivity index (χ0v) is 20.7. The average molecular weight is 476 g/mol. The van der Waals surface area contributed by atoms with E-state index >= 15 is 0 Å². The number of nitriles is 1. The molecule has 36 heavy (non-hydrogen) atoms. The molecule has 1 aliphatic carbocycles. The van der Waals surface area contributed by atoms with Gasteiger partial charge in [0.2, 0.25) is 0 Å². The molecule has 6 rings (SSSR count). The van der Waals surface area contributed by atoms with Crippen LogP contribution in [0, 0.1) is 11.3 Å². The van der Waals surface area contributed by atoms with Gasteiger partial charge in [0.25, 0.3) is 0 Å². The van der Waals surface area contributed by atoms with E-state index in [1.807, 2.05) is 30.3 Å². The molecule has 0 spiro atoms. The summed E-state index contributed by atoms with van der Waals surface area (Å²) in [4.78, 5) is 11.0. The molecule has 2 N–H and O–H groups in total. The number of fused-ring (bicyclic) bond motifs is 1. The molecule has 5 heteroatoms. The fourth-order valence-corrected chi connectivity index (χ4v) is 6.20. The van der Waals surface area contributed by atoms with Crippen LogP contribution in [0.25, 0.3) is 22.2 Å². The molecule has 1 aromatic heterocycles. The molecule has 0 amide bonds. The van der Waals surface area contributed by atoms with Gasteiger partial charge in [0, 0.05) is 24.7 Å². The lowest BCUT2D eigenvalue weighted by atomic mass is 9.79. The molecule has 0 atom stereocenters. The van der Waals surface area contributed by atoms with E-state index in [9.17, 15) is 5.26 Å². The van der Waals surface area contributed by atoms with Crippen LogP contribution in [0.1, 0.15) is 55.5 Å². The van der Waals surface area contributed by atoms with E-state index in [0.717, 1.165) is 60.0 Å². The molecule has 2 heterocycles. The summed E-state index contributed by atoms with van der Waals surface area (Å²) in [6.07, 6.45) is 7.65. The normalized spacial score (nSPS) is 18.4. The van der Waals surface area contributed by atoms with Crippen molar-refractivity contribution in [1.82, 2.24) is 20.2 Å². The minimum Gasteiger partial charge on any atom is -0.341 e. The molecular weight excluding hydrogens is 442 g/mol. The van der Waals surface area contributed by atoms with Crippen LogP contribution in [-0.2, 0) is 12.1 Å². The number of nitrogens with zero attached hydrogens (tertiary/aromatic N) is 3. The summed E-state index contributed by atoms with van der Waals surface area (Å²) in [5, 5.41) is 13.2. The Labute approximate surface area is 213 Å². The Morgan fingerprint density at radius 2 is 1.72 bits per heavy atom. The van der Waals surface area contributed by atoms with Gasteiger partial charge < -0.3 is 15.2 Å². The van der Waals surface area contributed by atoms with E-state index in [-0.39, 0.29) is 5.54 Å². The van der Waals surface area contributed by atoms with Crippen molar-refractivity contribution in [2.75, 3.05) is 13.1 Å². The number of rotatable bonds is 6. The summed E-state index contributed by atoms with van der Waals surface area (Å²) in [6.45, 7) is 2.97. The number of aromatic nitrogens is 2. The molecule has 0 bridgehead atoms. The summed E-state index contributed by atoms with van der Waals surface area (Å²) in [5.74, 6) is 0.985. The SMILES string of the molecule is N#Cc1cccc(-c2ccc(C3(NCc4nc5ccccc5[nH]4)CCN(C4CCCC4)CC3)cc2)c1. The first-order chi connectivity index (χ1) is 17.7. The van der Waals surface area contributed by atoms with Crippen molar-refractivity contribution in [2.45, 2.75) is 56.7 Å². The van der Waals surface area contributed by atoms with E-state index in [1.165, 1.54) is 31.2 Å². The smallest absolute Gasteiger partial charge is 0.121 e. The van der Waals surface area contributed by atoms with Gasteiger partial charge in [-0.15, -0.1) is 0 Å². The van der Waals surface area contributed by atoms with Gasteiger partial charge in [-0.3, -0.25) is 0 Å². The Balaban J connectivity index is 1.26. The molecule has 0 unspecified atom stereocenters. The third-order valence-electron chi connectivity index (χ3n) is 8.29. The van der Waals surface area contributed by atoms with Crippen LogP contribution in [0.4, 0.5) is 0 Å².